The number of piperidine rings is 1. The van der Waals surface area contributed by atoms with E-state index in [1.807, 2.05) is 6.07 Å². The van der Waals surface area contributed by atoms with Gasteiger partial charge in [-0.05, 0) is 129 Å². The summed E-state index contributed by atoms with van der Waals surface area (Å²) in [6.45, 7) is 9.25. The number of halogens is 1. The summed E-state index contributed by atoms with van der Waals surface area (Å²) in [5, 5.41) is 3.43. The number of aryl methyl sites for hydroxylation is 4. The third kappa shape index (κ3) is 9.21. The van der Waals surface area contributed by atoms with Gasteiger partial charge in [0.2, 0.25) is 0 Å². The number of benzene rings is 3. The SMILES string of the molecule is CCCN1CCCc2ccc(CC)cc21.Fc1cccc(CCCCCc2ccc(C3CCNCC3)cc2)c1. The number of nitrogens with one attached hydrogen (secondary N) is 1. The molecule has 1 saturated heterocycles. The van der Waals surface area contributed by atoms with Gasteiger partial charge < -0.3 is 10.2 Å². The summed E-state index contributed by atoms with van der Waals surface area (Å²) in [5.41, 5.74) is 8.58. The molecule has 1 fully saturated rings. The molecule has 0 bridgehead atoms. The lowest BCUT2D eigenvalue weighted by atomic mass is 9.89. The van der Waals surface area contributed by atoms with Gasteiger partial charge in [-0.15, -0.1) is 0 Å². The Hall–Kier alpha value is -2.65. The van der Waals surface area contributed by atoms with Crippen LogP contribution in [0.25, 0.3) is 0 Å². The first kappa shape index (κ1) is 29.3. The van der Waals surface area contributed by atoms with E-state index in [-0.39, 0.29) is 5.82 Å². The molecule has 0 radical (unpaired) electrons. The van der Waals surface area contributed by atoms with Crippen molar-refractivity contribution in [3.8, 4) is 0 Å². The lowest BCUT2D eigenvalue weighted by Crippen LogP contribution is -2.30. The normalized spacial score (nSPS) is 15.4. The first-order chi connectivity index (χ1) is 19.2. The maximum absolute atomic E-state index is 13.1. The van der Waals surface area contributed by atoms with Gasteiger partial charge in [0.25, 0.3) is 0 Å². The fourth-order valence-corrected chi connectivity index (χ4v) is 6.06. The van der Waals surface area contributed by atoms with Crippen LogP contribution >= 0.6 is 0 Å². The monoisotopic (exact) mass is 528 g/mol. The Balaban J connectivity index is 0.000000202. The van der Waals surface area contributed by atoms with E-state index in [0.29, 0.717) is 0 Å². The van der Waals surface area contributed by atoms with Crippen molar-refractivity contribution in [2.75, 3.05) is 31.1 Å². The highest BCUT2D eigenvalue weighted by atomic mass is 19.1. The van der Waals surface area contributed by atoms with Gasteiger partial charge in [-0.25, -0.2) is 4.39 Å². The van der Waals surface area contributed by atoms with Crippen molar-refractivity contribution in [3.05, 3.63) is 100 Å². The van der Waals surface area contributed by atoms with Crippen LogP contribution in [0.5, 0.6) is 0 Å². The molecule has 0 amide bonds. The average molecular weight is 529 g/mol. The highest BCUT2D eigenvalue weighted by molar-refractivity contribution is 5.57. The van der Waals surface area contributed by atoms with Gasteiger partial charge in [-0.3, -0.25) is 0 Å². The minimum absolute atomic E-state index is 0.124. The highest BCUT2D eigenvalue weighted by Gasteiger charge is 2.16. The van der Waals surface area contributed by atoms with Crippen LogP contribution in [-0.4, -0.2) is 26.2 Å². The van der Waals surface area contributed by atoms with Crippen LogP contribution in [0.1, 0.15) is 92.5 Å². The maximum Gasteiger partial charge on any atom is 0.123 e. The van der Waals surface area contributed by atoms with Gasteiger partial charge in [-0.1, -0.05) is 68.8 Å². The van der Waals surface area contributed by atoms with Crippen molar-refractivity contribution >= 4 is 5.69 Å². The minimum atomic E-state index is -0.124. The topological polar surface area (TPSA) is 15.3 Å². The second-order valence-corrected chi connectivity index (χ2v) is 11.4. The van der Waals surface area contributed by atoms with Crippen LogP contribution in [-0.2, 0) is 25.7 Å². The van der Waals surface area contributed by atoms with E-state index in [0.717, 1.165) is 50.3 Å². The largest absolute Gasteiger partial charge is 0.371 e. The van der Waals surface area contributed by atoms with Crippen molar-refractivity contribution < 1.29 is 4.39 Å². The number of fused-ring (bicyclic) bond motifs is 1. The third-order valence-electron chi connectivity index (χ3n) is 8.38. The Morgan fingerprint density at radius 1 is 0.821 bits per heavy atom. The Morgan fingerprint density at radius 3 is 2.28 bits per heavy atom. The van der Waals surface area contributed by atoms with E-state index < -0.39 is 0 Å². The Morgan fingerprint density at radius 2 is 1.56 bits per heavy atom. The molecule has 2 aliphatic heterocycles. The van der Waals surface area contributed by atoms with Crippen molar-refractivity contribution in [2.45, 2.75) is 90.4 Å². The third-order valence-corrected chi connectivity index (χ3v) is 8.38. The first-order valence-corrected chi connectivity index (χ1v) is 15.6. The molecule has 210 valence electrons. The number of unbranched alkanes of at least 4 members (excludes halogenated alkanes) is 2. The van der Waals surface area contributed by atoms with Crippen LogP contribution in [0.2, 0.25) is 0 Å². The quantitative estimate of drug-likeness (QED) is 0.265. The van der Waals surface area contributed by atoms with Gasteiger partial charge in [0.05, 0.1) is 0 Å². The molecule has 3 aromatic carbocycles. The molecule has 0 aromatic heterocycles. The van der Waals surface area contributed by atoms with Crippen molar-refractivity contribution in [1.29, 1.82) is 0 Å². The molecule has 3 heteroatoms. The molecule has 0 unspecified atom stereocenters. The molecule has 2 heterocycles. The second kappa shape index (κ2) is 15.8. The lowest BCUT2D eigenvalue weighted by Gasteiger charge is -2.31. The summed E-state index contributed by atoms with van der Waals surface area (Å²) in [4.78, 5) is 2.55. The van der Waals surface area contributed by atoms with Gasteiger partial charge in [0, 0.05) is 18.8 Å². The number of hydrogen-bond acceptors (Lipinski definition) is 2. The van der Waals surface area contributed by atoms with Crippen LogP contribution in [0.3, 0.4) is 0 Å². The van der Waals surface area contributed by atoms with Gasteiger partial charge in [0.15, 0.2) is 0 Å². The van der Waals surface area contributed by atoms with Gasteiger partial charge >= 0.3 is 0 Å². The van der Waals surface area contributed by atoms with Gasteiger partial charge in [0.1, 0.15) is 5.82 Å². The summed E-state index contributed by atoms with van der Waals surface area (Å²) in [5.74, 6) is 0.618. The molecule has 5 rings (SSSR count). The van der Waals surface area contributed by atoms with E-state index in [4.69, 9.17) is 0 Å². The molecule has 2 aliphatic rings. The first-order valence-electron chi connectivity index (χ1n) is 15.6. The minimum Gasteiger partial charge on any atom is -0.371 e. The molecule has 1 N–H and O–H groups in total. The number of rotatable bonds is 10. The highest BCUT2D eigenvalue weighted by Crippen LogP contribution is 2.28. The number of hydrogen-bond donors (Lipinski definition) is 1. The zero-order chi connectivity index (χ0) is 27.3. The lowest BCUT2D eigenvalue weighted by molar-refractivity contribution is 0.460. The summed E-state index contributed by atoms with van der Waals surface area (Å²) in [7, 11) is 0. The van der Waals surface area contributed by atoms with E-state index in [2.05, 4.69) is 66.5 Å². The molecular formula is C36H49FN2. The number of anilines is 1. The zero-order valence-corrected chi connectivity index (χ0v) is 24.4. The summed E-state index contributed by atoms with van der Waals surface area (Å²) in [6, 6.07) is 23.3. The van der Waals surface area contributed by atoms with Crippen molar-refractivity contribution in [1.82, 2.24) is 5.32 Å². The molecule has 0 spiro atoms. The van der Waals surface area contributed by atoms with Crippen molar-refractivity contribution in [3.63, 3.8) is 0 Å². The smallest absolute Gasteiger partial charge is 0.123 e. The summed E-state index contributed by atoms with van der Waals surface area (Å²) >= 11 is 0. The Labute approximate surface area is 237 Å². The molecule has 0 aliphatic carbocycles. The zero-order valence-electron chi connectivity index (χ0n) is 24.4. The fourth-order valence-electron chi connectivity index (χ4n) is 6.06. The van der Waals surface area contributed by atoms with Gasteiger partial charge in [-0.2, -0.15) is 0 Å². The predicted molar refractivity (Wildman–Crippen MR) is 166 cm³/mol. The molecular weight excluding hydrogens is 479 g/mol. The average Bonchev–Trinajstić information content (AvgIpc) is 2.98. The Bertz CT molecular complexity index is 1120. The Kier molecular flexibility index (Phi) is 11.9. The molecule has 2 nitrogen and oxygen atoms in total. The summed E-state index contributed by atoms with van der Waals surface area (Å²) in [6.07, 6.45) is 13.2. The molecule has 3 aromatic rings. The second-order valence-electron chi connectivity index (χ2n) is 11.4. The van der Waals surface area contributed by atoms with Crippen LogP contribution in [0.4, 0.5) is 10.1 Å². The van der Waals surface area contributed by atoms with Crippen LogP contribution in [0.15, 0.2) is 66.7 Å². The summed E-state index contributed by atoms with van der Waals surface area (Å²) < 4.78 is 13.1. The van der Waals surface area contributed by atoms with E-state index in [9.17, 15) is 4.39 Å². The fraction of sp³-hybridized carbons (Fsp3) is 0.500. The molecule has 39 heavy (non-hydrogen) atoms. The standard InChI is InChI=1S/C22H28FN.C14H21N/c23-22-8-4-7-19(17-22)6-3-1-2-5-18-9-11-20(12-10-18)21-13-15-24-16-14-21;1-3-9-15-10-5-6-13-8-7-12(4-2)11-14(13)15/h4,7-12,17,21,24H,1-3,5-6,13-16H2;7-8,11H,3-6,9-10H2,1-2H3. The van der Waals surface area contributed by atoms with E-state index in [1.54, 1.807) is 17.7 Å². The maximum atomic E-state index is 13.1. The molecule has 0 atom stereocenters. The van der Waals surface area contributed by atoms with E-state index in [1.165, 1.54) is 86.5 Å². The van der Waals surface area contributed by atoms with Crippen molar-refractivity contribution in [2.24, 2.45) is 0 Å². The number of nitrogens with zero attached hydrogens (tertiary/aromatic N) is 1. The molecule has 0 saturated carbocycles. The predicted octanol–water partition coefficient (Wildman–Crippen LogP) is 8.66. The van der Waals surface area contributed by atoms with E-state index >= 15 is 0 Å². The van der Waals surface area contributed by atoms with Crippen LogP contribution < -0.4 is 10.2 Å². The van der Waals surface area contributed by atoms with Crippen LogP contribution in [0, 0.1) is 5.82 Å².